The first-order valence-electron chi connectivity index (χ1n) is 8.85. The van der Waals surface area contributed by atoms with Gasteiger partial charge in [0.2, 0.25) is 0 Å². The van der Waals surface area contributed by atoms with Crippen molar-refractivity contribution in [3.05, 3.63) is 65.7 Å². The number of guanidine groups is 1. The van der Waals surface area contributed by atoms with Gasteiger partial charge in [-0.15, -0.1) is 0 Å². The summed E-state index contributed by atoms with van der Waals surface area (Å²) in [5.74, 6) is 1.73. The second-order valence-corrected chi connectivity index (χ2v) is 6.75. The van der Waals surface area contributed by atoms with Gasteiger partial charge in [-0.05, 0) is 36.3 Å². The van der Waals surface area contributed by atoms with Crippen LogP contribution in [0.4, 0.5) is 0 Å². The molecule has 132 valence electrons. The van der Waals surface area contributed by atoms with E-state index in [4.69, 9.17) is 4.74 Å². The van der Waals surface area contributed by atoms with Crippen LogP contribution in [-0.4, -0.2) is 26.7 Å². The van der Waals surface area contributed by atoms with Gasteiger partial charge in [-0.2, -0.15) is 0 Å². The van der Waals surface area contributed by atoms with Gasteiger partial charge < -0.3 is 15.4 Å². The molecule has 0 atom stereocenters. The van der Waals surface area contributed by atoms with Crippen LogP contribution in [0.2, 0.25) is 0 Å². The van der Waals surface area contributed by atoms with E-state index in [0.29, 0.717) is 12.0 Å². The Morgan fingerprint density at radius 1 is 1.04 bits per heavy atom. The maximum absolute atomic E-state index is 5.40. The largest absolute Gasteiger partial charge is 0.496 e. The first-order valence-corrected chi connectivity index (χ1v) is 8.85. The molecule has 4 heteroatoms. The van der Waals surface area contributed by atoms with Crippen molar-refractivity contribution in [3.8, 4) is 5.75 Å². The molecule has 1 aliphatic rings. The van der Waals surface area contributed by atoms with Gasteiger partial charge in [-0.1, -0.05) is 48.5 Å². The summed E-state index contributed by atoms with van der Waals surface area (Å²) in [5.41, 5.74) is 2.92. The fourth-order valence-electron chi connectivity index (χ4n) is 3.14. The van der Waals surface area contributed by atoms with Gasteiger partial charge >= 0.3 is 0 Å². The quantitative estimate of drug-likeness (QED) is 0.601. The molecule has 0 radical (unpaired) electrons. The first kappa shape index (κ1) is 17.3. The van der Waals surface area contributed by atoms with Gasteiger partial charge in [0.15, 0.2) is 5.96 Å². The highest BCUT2D eigenvalue weighted by Crippen LogP contribution is 2.47. The van der Waals surface area contributed by atoms with Crippen molar-refractivity contribution >= 4 is 5.96 Å². The van der Waals surface area contributed by atoms with E-state index in [1.165, 1.54) is 18.4 Å². The molecule has 0 amide bonds. The number of hydrogen-bond acceptors (Lipinski definition) is 2. The maximum atomic E-state index is 5.40. The SMILES string of the molecule is CN=C(NCc1ccccc1OC)NCC1(Cc2ccccc2)CC1. The summed E-state index contributed by atoms with van der Waals surface area (Å²) in [6.07, 6.45) is 3.68. The molecule has 0 bridgehead atoms. The Morgan fingerprint density at radius 2 is 1.76 bits per heavy atom. The molecule has 3 rings (SSSR count). The predicted molar refractivity (Wildman–Crippen MR) is 103 cm³/mol. The van der Waals surface area contributed by atoms with Crippen LogP contribution in [-0.2, 0) is 13.0 Å². The summed E-state index contributed by atoms with van der Waals surface area (Å²) >= 11 is 0. The van der Waals surface area contributed by atoms with Gasteiger partial charge in [-0.25, -0.2) is 0 Å². The Bertz CT molecular complexity index is 708. The molecule has 2 aromatic carbocycles. The average Bonchev–Trinajstić information content (AvgIpc) is 3.42. The van der Waals surface area contributed by atoms with Crippen LogP contribution in [0.25, 0.3) is 0 Å². The number of nitrogens with one attached hydrogen (secondary N) is 2. The maximum Gasteiger partial charge on any atom is 0.191 e. The van der Waals surface area contributed by atoms with Crippen molar-refractivity contribution in [2.75, 3.05) is 20.7 Å². The minimum absolute atomic E-state index is 0.378. The van der Waals surface area contributed by atoms with Crippen molar-refractivity contribution in [1.29, 1.82) is 0 Å². The van der Waals surface area contributed by atoms with Crippen molar-refractivity contribution in [2.45, 2.75) is 25.8 Å². The molecule has 0 unspecified atom stereocenters. The van der Waals surface area contributed by atoms with Crippen LogP contribution >= 0.6 is 0 Å². The normalized spacial score (nSPS) is 15.5. The second-order valence-electron chi connectivity index (χ2n) is 6.75. The second kappa shape index (κ2) is 8.06. The summed E-state index contributed by atoms with van der Waals surface area (Å²) in [7, 11) is 3.51. The number of nitrogens with zero attached hydrogens (tertiary/aromatic N) is 1. The van der Waals surface area contributed by atoms with E-state index < -0.39 is 0 Å². The molecule has 2 N–H and O–H groups in total. The van der Waals surface area contributed by atoms with Crippen LogP contribution in [0.5, 0.6) is 5.75 Å². The highest BCUT2D eigenvalue weighted by Gasteiger charge is 2.42. The first-order chi connectivity index (χ1) is 12.2. The smallest absolute Gasteiger partial charge is 0.191 e. The Kier molecular flexibility index (Phi) is 5.59. The lowest BCUT2D eigenvalue weighted by atomic mass is 9.96. The molecule has 25 heavy (non-hydrogen) atoms. The number of rotatable bonds is 7. The minimum Gasteiger partial charge on any atom is -0.496 e. The standard InChI is InChI=1S/C21H27N3O/c1-22-20(23-15-18-10-6-7-11-19(18)25-2)24-16-21(12-13-21)14-17-8-4-3-5-9-17/h3-11H,12-16H2,1-2H3,(H2,22,23,24). The Hall–Kier alpha value is -2.49. The van der Waals surface area contributed by atoms with Crippen LogP contribution < -0.4 is 15.4 Å². The Morgan fingerprint density at radius 3 is 2.44 bits per heavy atom. The van der Waals surface area contributed by atoms with Gasteiger partial charge in [0.1, 0.15) is 5.75 Å². The lowest BCUT2D eigenvalue weighted by Gasteiger charge is -2.19. The molecule has 0 heterocycles. The van der Waals surface area contributed by atoms with E-state index in [1.54, 1.807) is 7.11 Å². The summed E-state index contributed by atoms with van der Waals surface area (Å²) in [6.45, 7) is 1.64. The van der Waals surface area contributed by atoms with Gasteiger partial charge in [0.25, 0.3) is 0 Å². The molecular formula is C21H27N3O. The zero-order valence-electron chi connectivity index (χ0n) is 15.1. The average molecular weight is 337 g/mol. The van der Waals surface area contributed by atoms with Crippen molar-refractivity contribution in [3.63, 3.8) is 0 Å². The van der Waals surface area contributed by atoms with Crippen LogP contribution in [0.15, 0.2) is 59.6 Å². The van der Waals surface area contributed by atoms with Crippen molar-refractivity contribution < 1.29 is 4.74 Å². The molecular weight excluding hydrogens is 310 g/mol. The molecule has 0 saturated heterocycles. The number of aliphatic imine (C=N–C) groups is 1. The van der Waals surface area contributed by atoms with E-state index in [2.05, 4.69) is 52.0 Å². The molecule has 4 nitrogen and oxygen atoms in total. The van der Waals surface area contributed by atoms with Gasteiger partial charge in [0.05, 0.1) is 7.11 Å². The third kappa shape index (κ3) is 4.75. The van der Waals surface area contributed by atoms with E-state index >= 15 is 0 Å². The molecule has 0 spiro atoms. The van der Waals surface area contributed by atoms with E-state index in [0.717, 1.165) is 30.2 Å². The van der Waals surface area contributed by atoms with Gasteiger partial charge in [-0.3, -0.25) is 4.99 Å². The molecule has 1 aliphatic carbocycles. The summed E-state index contributed by atoms with van der Waals surface area (Å²) in [4.78, 5) is 4.35. The summed E-state index contributed by atoms with van der Waals surface area (Å²) in [6, 6.07) is 18.8. The molecule has 1 saturated carbocycles. The zero-order valence-corrected chi connectivity index (χ0v) is 15.1. The van der Waals surface area contributed by atoms with Crippen molar-refractivity contribution in [1.82, 2.24) is 10.6 Å². The highest BCUT2D eigenvalue weighted by molar-refractivity contribution is 5.79. The number of para-hydroxylation sites is 1. The van der Waals surface area contributed by atoms with Crippen LogP contribution in [0.3, 0.4) is 0 Å². The topological polar surface area (TPSA) is 45.7 Å². The van der Waals surface area contributed by atoms with Crippen molar-refractivity contribution in [2.24, 2.45) is 10.4 Å². The molecule has 0 aliphatic heterocycles. The van der Waals surface area contributed by atoms with Gasteiger partial charge in [0, 0.05) is 25.7 Å². The monoisotopic (exact) mass is 337 g/mol. The van der Waals surface area contributed by atoms with E-state index in [1.807, 2.05) is 25.2 Å². The molecule has 1 fully saturated rings. The van der Waals surface area contributed by atoms with Crippen LogP contribution in [0.1, 0.15) is 24.0 Å². The molecule has 2 aromatic rings. The fraction of sp³-hybridized carbons (Fsp3) is 0.381. The van der Waals surface area contributed by atoms with E-state index in [9.17, 15) is 0 Å². The highest BCUT2D eigenvalue weighted by atomic mass is 16.5. The third-order valence-corrected chi connectivity index (χ3v) is 4.87. The lowest BCUT2D eigenvalue weighted by Crippen LogP contribution is -2.40. The Labute approximate surface area is 150 Å². The predicted octanol–water partition coefficient (Wildman–Crippen LogP) is 3.38. The van der Waals surface area contributed by atoms with E-state index in [-0.39, 0.29) is 0 Å². The summed E-state index contributed by atoms with van der Waals surface area (Å²) in [5, 5.41) is 6.88. The molecule has 0 aromatic heterocycles. The number of benzene rings is 2. The number of hydrogen-bond donors (Lipinski definition) is 2. The number of methoxy groups -OCH3 is 1. The van der Waals surface area contributed by atoms with Crippen LogP contribution in [0, 0.1) is 5.41 Å². The zero-order chi connectivity index (χ0) is 17.5. The third-order valence-electron chi connectivity index (χ3n) is 4.87. The summed E-state index contributed by atoms with van der Waals surface area (Å²) < 4.78 is 5.40. The number of ether oxygens (including phenoxy) is 1. The lowest BCUT2D eigenvalue weighted by molar-refractivity contribution is 0.409. The fourth-order valence-corrected chi connectivity index (χ4v) is 3.14. The minimum atomic E-state index is 0.378. The Balaban J connectivity index is 1.51.